The number of hydrogen-bond donors (Lipinski definition) is 0. The zero-order valence-electron chi connectivity index (χ0n) is 31.0. The van der Waals surface area contributed by atoms with Crippen LogP contribution in [0.4, 0.5) is 17.1 Å². The van der Waals surface area contributed by atoms with E-state index < -0.39 is 0 Å². The van der Waals surface area contributed by atoms with Crippen LogP contribution in [-0.4, -0.2) is 0 Å². The molecule has 0 fully saturated rings. The molecule has 0 amide bonds. The fourth-order valence-electron chi connectivity index (χ4n) is 8.52. The minimum absolute atomic E-state index is 0.862. The van der Waals surface area contributed by atoms with Crippen LogP contribution in [-0.2, 0) is 0 Å². The molecular weight excluding hydrogens is 711 g/mol. The molecule has 2 nitrogen and oxygen atoms in total. The molecule has 0 saturated carbocycles. The lowest BCUT2D eigenvalue weighted by atomic mass is 9.88. The first-order chi connectivity index (χ1) is 28.3. The van der Waals surface area contributed by atoms with Gasteiger partial charge in [0.2, 0.25) is 0 Å². The average Bonchev–Trinajstić information content (AvgIpc) is 3.86. The molecule has 3 heteroatoms. The Labute approximate surface area is 335 Å². The molecule has 0 radical (unpaired) electrons. The molecular formula is C54H35NOS. The fourth-order valence-corrected chi connectivity index (χ4v) is 9.66. The highest BCUT2D eigenvalue weighted by Gasteiger charge is 2.22. The molecule has 0 spiro atoms. The molecule has 268 valence electrons. The molecule has 57 heavy (non-hydrogen) atoms. The first kappa shape index (κ1) is 33.2. The summed E-state index contributed by atoms with van der Waals surface area (Å²) in [5, 5.41) is 4.85. The van der Waals surface area contributed by atoms with Crippen molar-refractivity contribution >= 4 is 70.5 Å². The van der Waals surface area contributed by atoms with Crippen molar-refractivity contribution in [3.8, 4) is 44.5 Å². The van der Waals surface area contributed by atoms with Gasteiger partial charge in [-0.15, -0.1) is 11.3 Å². The van der Waals surface area contributed by atoms with E-state index >= 15 is 0 Å². The highest BCUT2D eigenvalue weighted by atomic mass is 32.1. The minimum atomic E-state index is 0.862. The van der Waals surface area contributed by atoms with Crippen LogP contribution in [0.1, 0.15) is 0 Å². The van der Waals surface area contributed by atoms with E-state index in [1.54, 1.807) is 0 Å². The number of benzene rings is 9. The van der Waals surface area contributed by atoms with Crippen LogP contribution in [0.3, 0.4) is 0 Å². The monoisotopic (exact) mass is 745 g/mol. The lowest BCUT2D eigenvalue weighted by Crippen LogP contribution is -2.11. The quantitative estimate of drug-likeness (QED) is 0.162. The molecule has 0 bridgehead atoms. The van der Waals surface area contributed by atoms with Crippen LogP contribution < -0.4 is 4.90 Å². The van der Waals surface area contributed by atoms with E-state index in [0.717, 1.165) is 44.6 Å². The molecule has 11 rings (SSSR count). The van der Waals surface area contributed by atoms with E-state index in [2.05, 4.69) is 205 Å². The van der Waals surface area contributed by atoms with E-state index in [9.17, 15) is 0 Å². The van der Waals surface area contributed by atoms with E-state index in [4.69, 9.17) is 4.42 Å². The van der Waals surface area contributed by atoms with E-state index in [1.807, 2.05) is 23.5 Å². The van der Waals surface area contributed by atoms with Gasteiger partial charge in [-0.2, -0.15) is 0 Å². The first-order valence-corrected chi connectivity index (χ1v) is 20.2. The van der Waals surface area contributed by atoms with Gasteiger partial charge < -0.3 is 9.32 Å². The van der Waals surface area contributed by atoms with Crippen molar-refractivity contribution in [2.24, 2.45) is 0 Å². The summed E-state index contributed by atoms with van der Waals surface area (Å²) >= 11 is 1.86. The van der Waals surface area contributed by atoms with Gasteiger partial charge in [-0.25, -0.2) is 0 Å². The summed E-state index contributed by atoms with van der Waals surface area (Å²) in [5.74, 6) is 0. The smallest absolute Gasteiger partial charge is 0.137 e. The molecule has 0 aliphatic heterocycles. The first-order valence-electron chi connectivity index (χ1n) is 19.3. The summed E-state index contributed by atoms with van der Waals surface area (Å²) in [6.45, 7) is 0. The Balaban J connectivity index is 1.10. The second-order valence-corrected chi connectivity index (χ2v) is 15.5. The van der Waals surface area contributed by atoms with Gasteiger partial charge in [0.05, 0.1) is 5.69 Å². The number of nitrogens with zero attached hydrogens (tertiary/aromatic N) is 1. The number of fused-ring (bicyclic) bond motifs is 6. The number of thiophene rings is 1. The Kier molecular flexibility index (Phi) is 8.04. The van der Waals surface area contributed by atoms with Crippen molar-refractivity contribution in [2.45, 2.75) is 0 Å². The zero-order valence-corrected chi connectivity index (χ0v) is 31.8. The molecule has 9 aromatic carbocycles. The Morgan fingerprint density at radius 1 is 0.333 bits per heavy atom. The Morgan fingerprint density at radius 2 is 0.877 bits per heavy atom. The maximum Gasteiger partial charge on any atom is 0.137 e. The van der Waals surface area contributed by atoms with Gasteiger partial charge in [0.15, 0.2) is 0 Å². The number of hydrogen-bond acceptors (Lipinski definition) is 3. The summed E-state index contributed by atoms with van der Waals surface area (Å²) in [7, 11) is 0. The second-order valence-electron chi connectivity index (χ2n) is 14.4. The van der Waals surface area contributed by atoms with Crippen LogP contribution in [0.2, 0.25) is 0 Å². The van der Waals surface area contributed by atoms with Gasteiger partial charge in [0.25, 0.3) is 0 Å². The van der Waals surface area contributed by atoms with E-state index in [0.29, 0.717) is 0 Å². The molecule has 2 aromatic heterocycles. The lowest BCUT2D eigenvalue weighted by Gasteiger charge is -2.28. The minimum Gasteiger partial charge on any atom is -0.456 e. The van der Waals surface area contributed by atoms with E-state index in [1.165, 1.54) is 59.1 Å². The maximum atomic E-state index is 6.48. The summed E-state index contributed by atoms with van der Waals surface area (Å²) in [5.41, 5.74) is 14.4. The molecule has 2 heterocycles. The molecule has 0 aliphatic rings. The largest absolute Gasteiger partial charge is 0.456 e. The molecule has 0 aliphatic carbocycles. The third-order valence-corrected chi connectivity index (χ3v) is 12.3. The predicted octanol–water partition coefficient (Wildman–Crippen LogP) is 16.1. The normalized spacial score (nSPS) is 11.5. The molecule has 0 unspecified atom stereocenters. The van der Waals surface area contributed by atoms with Crippen LogP contribution >= 0.6 is 11.3 Å². The molecule has 0 atom stereocenters. The van der Waals surface area contributed by atoms with Gasteiger partial charge in [-0.3, -0.25) is 0 Å². The summed E-state index contributed by atoms with van der Waals surface area (Å²) < 4.78 is 9.10. The molecule has 0 saturated heterocycles. The number of rotatable bonds is 7. The lowest BCUT2D eigenvalue weighted by molar-refractivity contribution is 0.669. The second kappa shape index (κ2) is 13.8. The van der Waals surface area contributed by atoms with Crippen LogP contribution in [0.5, 0.6) is 0 Å². The number of furan rings is 1. The standard InChI is InChI=1S/C54H35NOS/c1-2-15-36(16-3-1)40-17-4-5-18-42(40)43-19-6-7-20-44(43)45-21-8-11-25-49(45)55(39-33-34-47-46-22-9-12-26-50(46)56-51(47)35-39)38-31-29-37(30-32-38)41-24-14-28-53-54(41)48-23-10-13-27-52(48)57-53/h1-35H. The van der Waals surface area contributed by atoms with Gasteiger partial charge in [-0.1, -0.05) is 158 Å². The van der Waals surface area contributed by atoms with Crippen molar-refractivity contribution in [1.29, 1.82) is 0 Å². The topological polar surface area (TPSA) is 16.4 Å². The predicted molar refractivity (Wildman–Crippen MR) is 243 cm³/mol. The third-order valence-electron chi connectivity index (χ3n) is 11.1. The van der Waals surface area contributed by atoms with Crippen LogP contribution in [0.15, 0.2) is 217 Å². The van der Waals surface area contributed by atoms with E-state index in [-0.39, 0.29) is 0 Å². The Hall–Kier alpha value is -7.20. The maximum absolute atomic E-state index is 6.48. The van der Waals surface area contributed by atoms with Gasteiger partial charge in [0.1, 0.15) is 11.2 Å². The number of anilines is 3. The zero-order chi connectivity index (χ0) is 37.7. The average molecular weight is 746 g/mol. The van der Waals surface area contributed by atoms with Crippen molar-refractivity contribution in [3.63, 3.8) is 0 Å². The van der Waals surface area contributed by atoms with Gasteiger partial charge in [-0.05, 0) is 87.5 Å². The summed E-state index contributed by atoms with van der Waals surface area (Å²) in [4.78, 5) is 2.38. The SMILES string of the molecule is c1ccc(-c2ccccc2-c2ccccc2-c2ccccc2N(c2ccc(-c3cccc4sc5ccccc5c34)cc2)c2ccc3c(c2)oc2ccccc23)cc1. The van der Waals surface area contributed by atoms with Gasteiger partial charge >= 0.3 is 0 Å². The third kappa shape index (κ3) is 5.71. The Bertz CT molecular complexity index is 3250. The highest BCUT2D eigenvalue weighted by Crippen LogP contribution is 2.47. The van der Waals surface area contributed by atoms with Crippen molar-refractivity contribution < 1.29 is 4.42 Å². The highest BCUT2D eigenvalue weighted by molar-refractivity contribution is 7.25. The van der Waals surface area contributed by atoms with Crippen molar-refractivity contribution in [2.75, 3.05) is 4.90 Å². The summed E-state index contributed by atoms with van der Waals surface area (Å²) in [6.07, 6.45) is 0. The van der Waals surface area contributed by atoms with Crippen LogP contribution in [0.25, 0.3) is 86.6 Å². The van der Waals surface area contributed by atoms with Crippen LogP contribution in [0, 0.1) is 0 Å². The summed E-state index contributed by atoms with van der Waals surface area (Å²) in [6, 6.07) is 76.4. The van der Waals surface area contributed by atoms with Gasteiger partial charge in [0, 0.05) is 53.9 Å². The molecule has 0 N–H and O–H groups in total. The number of para-hydroxylation sites is 2. The Morgan fingerprint density at radius 3 is 1.68 bits per heavy atom. The van der Waals surface area contributed by atoms with Crippen molar-refractivity contribution in [3.05, 3.63) is 212 Å². The van der Waals surface area contributed by atoms with Crippen molar-refractivity contribution in [1.82, 2.24) is 0 Å². The molecule has 11 aromatic rings. The fraction of sp³-hybridized carbons (Fsp3) is 0.